The van der Waals surface area contributed by atoms with E-state index in [0.29, 0.717) is 29.5 Å². The number of sulfonamides is 1. The Kier molecular flexibility index (Phi) is 11.0. The quantitative estimate of drug-likeness (QED) is 0.412. The summed E-state index contributed by atoms with van der Waals surface area (Å²) >= 11 is 6.02. The molecule has 0 aliphatic carbocycles. The predicted molar refractivity (Wildman–Crippen MR) is 144 cm³/mol. The molecule has 198 valence electrons. The first-order valence-corrected chi connectivity index (χ1v) is 14.3. The van der Waals surface area contributed by atoms with E-state index in [9.17, 15) is 18.0 Å². The summed E-state index contributed by atoms with van der Waals surface area (Å²) in [4.78, 5) is 28.2. The smallest absolute Gasteiger partial charge is 0.244 e. The van der Waals surface area contributed by atoms with Gasteiger partial charge in [-0.3, -0.25) is 13.9 Å². The number of ether oxygens (including phenoxy) is 1. The molecule has 0 aromatic heterocycles. The number of halogens is 1. The molecule has 0 radical (unpaired) electrons. The summed E-state index contributed by atoms with van der Waals surface area (Å²) in [5, 5.41) is 3.50. The minimum Gasteiger partial charge on any atom is -0.494 e. The summed E-state index contributed by atoms with van der Waals surface area (Å²) < 4.78 is 31.8. The monoisotopic (exact) mass is 537 g/mol. The zero-order valence-electron chi connectivity index (χ0n) is 21.5. The second-order valence-electron chi connectivity index (χ2n) is 8.59. The minimum absolute atomic E-state index is 0.0598. The lowest BCUT2D eigenvalue weighted by Gasteiger charge is -2.33. The van der Waals surface area contributed by atoms with E-state index in [0.717, 1.165) is 22.5 Å². The van der Waals surface area contributed by atoms with Crippen molar-refractivity contribution in [1.29, 1.82) is 0 Å². The van der Waals surface area contributed by atoms with Crippen LogP contribution in [0.25, 0.3) is 0 Å². The van der Waals surface area contributed by atoms with E-state index >= 15 is 0 Å². The van der Waals surface area contributed by atoms with Gasteiger partial charge >= 0.3 is 0 Å². The number of carbonyl (C=O) groups excluding carboxylic acids is 2. The molecule has 0 saturated heterocycles. The molecule has 0 bridgehead atoms. The van der Waals surface area contributed by atoms with Gasteiger partial charge in [0.05, 0.1) is 18.6 Å². The van der Waals surface area contributed by atoms with Crippen molar-refractivity contribution in [2.45, 2.75) is 59.2 Å². The van der Waals surface area contributed by atoms with Crippen LogP contribution in [-0.2, 0) is 26.2 Å². The van der Waals surface area contributed by atoms with Gasteiger partial charge in [0.15, 0.2) is 0 Å². The Hall–Kier alpha value is -2.78. The molecule has 2 rings (SSSR count). The number of hydrogen-bond acceptors (Lipinski definition) is 5. The van der Waals surface area contributed by atoms with E-state index in [1.165, 1.54) is 4.90 Å². The molecule has 36 heavy (non-hydrogen) atoms. The Morgan fingerprint density at radius 2 is 1.61 bits per heavy atom. The Labute approximate surface area is 219 Å². The highest BCUT2D eigenvalue weighted by molar-refractivity contribution is 7.92. The summed E-state index contributed by atoms with van der Waals surface area (Å²) in [6, 6.07) is 12.6. The third-order valence-electron chi connectivity index (χ3n) is 5.77. The summed E-state index contributed by atoms with van der Waals surface area (Å²) in [6.07, 6.45) is 2.16. The van der Waals surface area contributed by atoms with Crippen LogP contribution < -0.4 is 14.4 Å². The number of anilines is 1. The highest BCUT2D eigenvalue weighted by atomic mass is 35.5. The lowest BCUT2D eigenvalue weighted by Crippen LogP contribution is -2.53. The van der Waals surface area contributed by atoms with Crippen molar-refractivity contribution < 1.29 is 22.7 Å². The lowest BCUT2D eigenvalue weighted by molar-refractivity contribution is -0.140. The van der Waals surface area contributed by atoms with Crippen molar-refractivity contribution in [3.8, 4) is 5.75 Å². The third kappa shape index (κ3) is 8.41. The van der Waals surface area contributed by atoms with Crippen molar-refractivity contribution in [2.75, 3.05) is 23.7 Å². The fourth-order valence-electron chi connectivity index (χ4n) is 3.64. The minimum atomic E-state index is -3.80. The molecule has 0 spiro atoms. The molecule has 8 nitrogen and oxygen atoms in total. The maximum absolute atomic E-state index is 13.7. The van der Waals surface area contributed by atoms with Gasteiger partial charge in [-0.15, -0.1) is 0 Å². The van der Waals surface area contributed by atoms with Gasteiger partial charge in [0.1, 0.15) is 18.3 Å². The van der Waals surface area contributed by atoms with Gasteiger partial charge in [-0.05, 0) is 68.7 Å². The Balaban J connectivity index is 2.41. The van der Waals surface area contributed by atoms with Crippen LogP contribution in [0.15, 0.2) is 48.5 Å². The largest absolute Gasteiger partial charge is 0.494 e. The summed E-state index contributed by atoms with van der Waals surface area (Å²) in [7, 11) is -3.80. The van der Waals surface area contributed by atoms with Crippen LogP contribution in [0.1, 0.15) is 46.1 Å². The van der Waals surface area contributed by atoms with Crippen molar-refractivity contribution in [1.82, 2.24) is 10.2 Å². The topological polar surface area (TPSA) is 96.0 Å². The van der Waals surface area contributed by atoms with Crippen LogP contribution in [0, 0.1) is 0 Å². The van der Waals surface area contributed by atoms with E-state index in [1.807, 2.05) is 27.7 Å². The molecule has 0 heterocycles. The van der Waals surface area contributed by atoms with Crippen LogP contribution in [0.3, 0.4) is 0 Å². The average Bonchev–Trinajstić information content (AvgIpc) is 2.83. The van der Waals surface area contributed by atoms with Gasteiger partial charge < -0.3 is 15.0 Å². The van der Waals surface area contributed by atoms with Crippen LogP contribution in [0.4, 0.5) is 5.69 Å². The van der Waals surface area contributed by atoms with E-state index < -0.39 is 28.5 Å². The standard InChI is InChI=1S/C26H36ClN3O5S/c1-6-19(4)28-26(32)24(7-2)29(17-20-9-11-21(27)12-10-20)25(31)18-30(36(5,33)34)22-13-15-23(16-14-22)35-8-3/h9-16,19,24H,6-8,17-18H2,1-5H3,(H,28,32)/t19-,24-/m0/s1. The number of amides is 2. The second-order valence-corrected chi connectivity index (χ2v) is 10.9. The molecule has 1 N–H and O–H groups in total. The van der Waals surface area contributed by atoms with Gasteiger partial charge in [0.2, 0.25) is 21.8 Å². The Morgan fingerprint density at radius 3 is 2.11 bits per heavy atom. The number of carbonyl (C=O) groups is 2. The maximum Gasteiger partial charge on any atom is 0.244 e. The number of hydrogen-bond donors (Lipinski definition) is 1. The first kappa shape index (κ1) is 29.5. The van der Waals surface area contributed by atoms with Crippen molar-refractivity contribution in [2.24, 2.45) is 0 Å². The average molecular weight is 538 g/mol. The lowest BCUT2D eigenvalue weighted by atomic mass is 10.1. The van der Waals surface area contributed by atoms with Crippen LogP contribution in [-0.4, -0.2) is 56.6 Å². The van der Waals surface area contributed by atoms with Gasteiger partial charge in [0, 0.05) is 17.6 Å². The molecular weight excluding hydrogens is 502 g/mol. The molecule has 2 aromatic rings. The fourth-order valence-corrected chi connectivity index (χ4v) is 4.61. The van der Waals surface area contributed by atoms with E-state index in [1.54, 1.807) is 48.5 Å². The predicted octanol–water partition coefficient (Wildman–Crippen LogP) is 4.23. The second kappa shape index (κ2) is 13.5. The number of rotatable bonds is 13. The molecular formula is C26H36ClN3O5S. The fraction of sp³-hybridized carbons (Fsp3) is 0.462. The molecule has 0 aliphatic rings. The summed E-state index contributed by atoms with van der Waals surface area (Å²) in [6.45, 7) is 7.69. The Morgan fingerprint density at radius 1 is 1.00 bits per heavy atom. The molecule has 0 fully saturated rings. The van der Waals surface area contributed by atoms with Crippen LogP contribution >= 0.6 is 11.6 Å². The van der Waals surface area contributed by atoms with E-state index in [2.05, 4.69) is 5.32 Å². The summed E-state index contributed by atoms with van der Waals surface area (Å²) in [5.41, 5.74) is 1.10. The molecule has 2 aromatic carbocycles. The van der Waals surface area contributed by atoms with Gasteiger partial charge in [-0.25, -0.2) is 8.42 Å². The molecule has 0 saturated carbocycles. The molecule has 10 heteroatoms. The normalized spacial score (nSPS) is 12.9. The number of benzene rings is 2. The highest BCUT2D eigenvalue weighted by Gasteiger charge is 2.32. The van der Waals surface area contributed by atoms with Crippen LogP contribution in [0.5, 0.6) is 5.75 Å². The summed E-state index contributed by atoms with van der Waals surface area (Å²) in [5.74, 6) is -0.172. The van der Waals surface area contributed by atoms with Gasteiger partial charge in [-0.1, -0.05) is 37.6 Å². The first-order chi connectivity index (χ1) is 17.0. The number of nitrogens with zero attached hydrogens (tertiary/aromatic N) is 2. The molecule has 2 atom stereocenters. The first-order valence-electron chi connectivity index (χ1n) is 12.0. The van der Waals surface area contributed by atoms with E-state index in [4.69, 9.17) is 16.3 Å². The molecule has 0 aliphatic heterocycles. The Bertz CT molecular complexity index is 1110. The van der Waals surface area contributed by atoms with E-state index in [-0.39, 0.29) is 18.5 Å². The number of nitrogens with one attached hydrogen (secondary N) is 1. The van der Waals surface area contributed by atoms with Gasteiger partial charge in [-0.2, -0.15) is 0 Å². The molecule has 2 amide bonds. The maximum atomic E-state index is 13.7. The zero-order chi connectivity index (χ0) is 26.9. The van der Waals surface area contributed by atoms with Crippen molar-refractivity contribution in [3.05, 3.63) is 59.1 Å². The zero-order valence-corrected chi connectivity index (χ0v) is 23.1. The van der Waals surface area contributed by atoms with Crippen molar-refractivity contribution >= 4 is 39.1 Å². The highest BCUT2D eigenvalue weighted by Crippen LogP contribution is 2.23. The molecule has 0 unspecified atom stereocenters. The van der Waals surface area contributed by atoms with Crippen molar-refractivity contribution in [3.63, 3.8) is 0 Å². The van der Waals surface area contributed by atoms with Crippen LogP contribution in [0.2, 0.25) is 5.02 Å². The third-order valence-corrected chi connectivity index (χ3v) is 7.16. The SMILES string of the molecule is CCOc1ccc(N(CC(=O)N(Cc2ccc(Cl)cc2)[C@@H](CC)C(=O)N[C@@H](C)CC)S(C)(=O)=O)cc1. The van der Waals surface area contributed by atoms with Gasteiger partial charge in [0.25, 0.3) is 0 Å².